The third-order valence-corrected chi connectivity index (χ3v) is 4.58. The summed E-state index contributed by atoms with van der Waals surface area (Å²) in [5.74, 6) is -0.677. The van der Waals surface area contributed by atoms with Gasteiger partial charge in [-0.1, -0.05) is 0 Å². The van der Waals surface area contributed by atoms with Gasteiger partial charge in [0.2, 0.25) is 0 Å². The summed E-state index contributed by atoms with van der Waals surface area (Å²) in [6.07, 6.45) is 1.37. The average molecular weight is 249 g/mol. The molecule has 0 aromatic carbocycles. The van der Waals surface area contributed by atoms with E-state index in [4.69, 9.17) is 10.5 Å². The fourth-order valence-electron chi connectivity index (χ4n) is 1.78. The van der Waals surface area contributed by atoms with E-state index in [-0.39, 0.29) is 18.9 Å². The molecule has 0 radical (unpaired) electrons. The van der Waals surface area contributed by atoms with Gasteiger partial charge in [-0.25, -0.2) is 8.42 Å². The van der Waals surface area contributed by atoms with Crippen LogP contribution in [0.5, 0.6) is 0 Å². The highest BCUT2D eigenvalue weighted by Crippen LogP contribution is 2.40. The van der Waals surface area contributed by atoms with Crippen molar-refractivity contribution in [1.29, 1.82) is 0 Å². The molecule has 1 saturated carbocycles. The van der Waals surface area contributed by atoms with Crippen molar-refractivity contribution >= 4 is 15.8 Å². The van der Waals surface area contributed by atoms with Crippen molar-refractivity contribution in [2.75, 3.05) is 6.26 Å². The number of carbonyl (C=O) groups is 1. The van der Waals surface area contributed by atoms with E-state index in [9.17, 15) is 13.2 Å². The van der Waals surface area contributed by atoms with Gasteiger partial charge in [0.05, 0.1) is 0 Å². The molecule has 1 aliphatic rings. The van der Waals surface area contributed by atoms with Crippen LogP contribution in [0.1, 0.15) is 33.6 Å². The quantitative estimate of drug-likeness (QED) is 0.708. The van der Waals surface area contributed by atoms with Gasteiger partial charge in [-0.2, -0.15) is 0 Å². The number of esters is 1. The first-order valence-corrected chi connectivity index (χ1v) is 7.06. The number of nitrogens with two attached hydrogens (primary N) is 1. The highest BCUT2D eigenvalue weighted by atomic mass is 32.2. The van der Waals surface area contributed by atoms with Crippen LogP contribution in [0.25, 0.3) is 0 Å². The van der Waals surface area contributed by atoms with E-state index in [2.05, 4.69) is 0 Å². The van der Waals surface area contributed by atoms with Crippen molar-refractivity contribution in [3.8, 4) is 0 Å². The Labute approximate surface area is 96.3 Å². The minimum Gasteiger partial charge on any atom is -0.459 e. The number of carbonyl (C=O) groups excluding carboxylic acids is 1. The average Bonchev–Trinajstić information content (AvgIpc) is 1.91. The molecular weight excluding hydrogens is 230 g/mol. The Kier molecular flexibility index (Phi) is 3.11. The van der Waals surface area contributed by atoms with Crippen LogP contribution >= 0.6 is 0 Å². The lowest BCUT2D eigenvalue weighted by Crippen LogP contribution is -2.62. The molecule has 0 heterocycles. The molecule has 0 amide bonds. The van der Waals surface area contributed by atoms with E-state index < -0.39 is 26.2 Å². The third kappa shape index (κ3) is 2.38. The molecule has 0 aromatic heterocycles. The van der Waals surface area contributed by atoms with Crippen LogP contribution in [0.4, 0.5) is 0 Å². The van der Waals surface area contributed by atoms with E-state index in [1.54, 1.807) is 20.8 Å². The second-order valence-corrected chi connectivity index (χ2v) is 7.76. The number of hydrogen-bond acceptors (Lipinski definition) is 5. The van der Waals surface area contributed by atoms with Crippen LogP contribution in [0, 0.1) is 0 Å². The van der Waals surface area contributed by atoms with Crippen LogP contribution in [-0.2, 0) is 19.4 Å². The molecule has 94 valence electrons. The van der Waals surface area contributed by atoms with E-state index in [0.717, 1.165) is 6.26 Å². The lowest BCUT2D eigenvalue weighted by Gasteiger charge is -2.43. The van der Waals surface area contributed by atoms with Crippen LogP contribution in [0.2, 0.25) is 0 Å². The molecule has 0 saturated heterocycles. The zero-order chi connectivity index (χ0) is 12.8. The summed E-state index contributed by atoms with van der Waals surface area (Å²) in [6.45, 7) is 5.12. The van der Waals surface area contributed by atoms with E-state index in [1.165, 1.54) is 0 Å². The Hall–Kier alpha value is -0.620. The summed E-state index contributed by atoms with van der Waals surface area (Å²) < 4.78 is 27.0. The van der Waals surface area contributed by atoms with Gasteiger partial charge in [0.15, 0.2) is 14.6 Å². The predicted octanol–water partition coefficient (Wildman–Crippen LogP) is 0.233. The van der Waals surface area contributed by atoms with Gasteiger partial charge in [-0.15, -0.1) is 0 Å². The molecule has 5 nitrogen and oxygen atoms in total. The van der Waals surface area contributed by atoms with Crippen LogP contribution in [0.3, 0.4) is 0 Å². The maximum atomic E-state index is 11.9. The fourth-order valence-corrected chi connectivity index (χ4v) is 3.16. The third-order valence-electron chi connectivity index (χ3n) is 2.66. The van der Waals surface area contributed by atoms with Gasteiger partial charge < -0.3 is 10.5 Å². The molecule has 0 aromatic rings. The van der Waals surface area contributed by atoms with Gasteiger partial charge in [0.1, 0.15) is 5.60 Å². The SMILES string of the molecule is CC(C)(C)OC(=O)C1(S(C)(=O)=O)CC(N)C1. The first-order valence-electron chi connectivity index (χ1n) is 5.17. The first kappa shape index (κ1) is 13.4. The molecule has 2 N–H and O–H groups in total. The van der Waals surface area contributed by atoms with Crippen molar-refractivity contribution in [1.82, 2.24) is 0 Å². The number of sulfone groups is 1. The van der Waals surface area contributed by atoms with Gasteiger partial charge in [-0.05, 0) is 33.6 Å². The zero-order valence-electron chi connectivity index (χ0n) is 10.1. The molecule has 0 unspecified atom stereocenters. The molecule has 1 aliphatic carbocycles. The zero-order valence-corrected chi connectivity index (χ0v) is 10.9. The Morgan fingerprint density at radius 2 is 1.81 bits per heavy atom. The van der Waals surface area contributed by atoms with Crippen molar-refractivity contribution in [2.45, 2.75) is 50.0 Å². The number of rotatable bonds is 2. The predicted molar refractivity (Wildman–Crippen MR) is 60.6 cm³/mol. The lowest BCUT2D eigenvalue weighted by atomic mass is 9.79. The molecule has 6 heteroatoms. The van der Waals surface area contributed by atoms with E-state index >= 15 is 0 Å². The van der Waals surface area contributed by atoms with Crippen molar-refractivity contribution in [3.63, 3.8) is 0 Å². The summed E-state index contributed by atoms with van der Waals surface area (Å²) in [6, 6.07) is -0.234. The first-order chi connectivity index (χ1) is 6.98. The van der Waals surface area contributed by atoms with Gasteiger partial charge in [0, 0.05) is 12.3 Å². The number of ether oxygens (including phenoxy) is 1. The highest BCUT2D eigenvalue weighted by Gasteiger charge is 2.58. The molecule has 0 bridgehead atoms. The minimum atomic E-state index is -3.49. The largest absolute Gasteiger partial charge is 0.459 e. The van der Waals surface area contributed by atoms with Gasteiger partial charge in [0.25, 0.3) is 0 Å². The summed E-state index contributed by atoms with van der Waals surface area (Å²) >= 11 is 0. The molecule has 1 rings (SSSR count). The maximum absolute atomic E-state index is 11.9. The minimum absolute atomic E-state index is 0.154. The Morgan fingerprint density at radius 1 is 1.38 bits per heavy atom. The van der Waals surface area contributed by atoms with Crippen molar-refractivity contribution in [3.05, 3.63) is 0 Å². The van der Waals surface area contributed by atoms with Gasteiger partial charge in [-0.3, -0.25) is 4.79 Å². The smallest absolute Gasteiger partial charge is 0.328 e. The molecule has 0 atom stereocenters. The normalized spacial score (nSPS) is 30.7. The van der Waals surface area contributed by atoms with Crippen molar-refractivity contribution < 1.29 is 17.9 Å². The summed E-state index contributed by atoms with van der Waals surface area (Å²) in [5.41, 5.74) is 4.89. The molecule has 0 spiro atoms. The van der Waals surface area contributed by atoms with E-state index in [0.29, 0.717) is 0 Å². The van der Waals surface area contributed by atoms with Crippen molar-refractivity contribution in [2.24, 2.45) is 5.73 Å². The van der Waals surface area contributed by atoms with Crippen LogP contribution < -0.4 is 5.73 Å². The highest BCUT2D eigenvalue weighted by molar-refractivity contribution is 7.93. The molecule has 0 aliphatic heterocycles. The van der Waals surface area contributed by atoms with Gasteiger partial charge >= 0.3 is 5.97 Å². The Morgan fingerprint density at radius 3 is 2.06 bits per heavy atom. The lowest BCUT2D eigenvalue weighted by molar-refractivity contribution is -0.161. The Balaban J connectivity index is 2.94. The number of hydrogen-bond donors (Lipinski definition) is 1. The fraction of sp³-hybridized carbons (Fsp3) is 0.900. The Bertz CT molecular complexity index is 388. The second-order valence-electron chi connectivity index (χ2n) is 5.44. The topological polar surface area (TPSA) is 86.5 Å². The standard InChI is InChI=1S/C10H19NO4S/c1-9(2,3)15-8(12)10(16(4,13)14)5-7(11)6-10/h7H,5-6,11H2,1-4H3. The second kappa shape index (κ2) is 3.70. The summed E-state index contributed by atoms with van der Waals surface area (Å²) in [5, 5.41) is 0. The monoisotopic (exact) mass is 249 g/mol. The van der Waals surface area contributed by atoms with Crippen LogP contribution in [0.15, 0.2) is 0 Å². The van der Waals surface area contributed by atoms with E-state index in [1.807, 2.05) is 0 Å². The summed E-state index contributed by atoms with van der Waals surface area (Å²) in [7, 11) is -3.49. The molecule has 1 fully saturated rings. The maximum Gasteiger partial charge on any atom is 0.328 e. The summed E-state index contributed by atoms with van der Waals surface area (Å²) in [4.78, 5) is 11.9. The molecule has 16 heavy (non-hydrogen) atoms. The van der Waals surface area contributed by atoms with Crippen LogP contribution in [-0.4, -0.2) is 37.0 Å². The molecular formula is C10H19NO4S.